The molecule has 3 aliphatic rings. The van der Waals surface area contributed by atoms with Crippen LogP contribution >= 0.6 is 0 Å². The summed E-state index contributed by atoms with van der Waals surface area (Å²) in [6, 6.07) is 13.6. The fourth-order valence-corrected chi connectivity index (χ4v) is 5.55. The predicted molar refractivity (Wildman–Crippen MR) is 174 cm³/mol. The second kappa shape index (κ2) is 16.6. The minimum atomic E-state index is -0.256. The first kappa shape index (κ1) is 32.8. The molecule has 0 aliphatic carbocycles. The van der Waals surface area contributed by atoms with Crippen molar-refractivity contribution in [2.45, 2.75) is 64.8 Å². The number of benzene rings is 2. The first-order chi connectivity index (χ1) is 22.5. The van der Waals surface area contributed by atoms with Gasteiger partial charge in [0.05, 0.1) is 38.9 Å². The second-order valence-electron chi connectivity index (χ2n) is 11.5. The summed E-state index contributed by atoms with van der Waals surface area (Å²) in [5.41, 5.74) is 2.19. The lowest BCUT2D eigenvalue weighted by Gasteiger charge is -2.20. The molecule has 12 nitrogen and oxygen atoms in total. The number of carbonyl (C=O) groups excluding carboxylic acids is 2. The number of esters is 1. The molecule has 0 spiro atoms. The minimum absolute atomic E-state index is 0.0807. The van der Waals surface area contributed by atoms with Crippen molar-refractivity contribution in [2.24, 2.45) is 5.92 Å². The van der Waals surface area contributed by atoms with Gasteiger partial charge in [-0.2, -0.15) is 15.0 Å². The Hall–Kier alpha value is -4.61. The summed E-state index contributed by atoms with van der Waals surface area (Å²) in [6.07, 6.45) is 7.33. The summed E-state index contributed by atoms with van der Waals surface area (Å²) < 4.78 is 22.6. The number of hydrogen-bond donors (Lipinski definition) is 2. The summed E-state index contributed by atoms with van der Waals surface area (Å²) in [5, 5.41) is 6.50. The van der Waals surface area contributed by atoms with Crippen molar-refractivity contribution < 1.29 is 28.5 Å². The average molecular weight is 633 g/mol. The monoisotopic (exact) mass is 632 g/mol. The van der Waals surface area contributed by atoms with Crippen molar-refractivity contribution >= 4 is 29.5 Å². The van der Waals surface area contributed by atoms with E-state index in [1.165, 1.54) is 7.11 Å². The summed E-state index contributed by atoms with van der Waals surface area (Å²) in [4.78, 5) is 40.7. The summed E-state index contributed by atoms with van der Waals surface area (Å²) >= 11 is 0. The maximum atomic E-state index is 13.7. The van der Waals surface area contributed by atoms with E-state index in [0.29, 0.717) is 74.8 Å². The Morgan fingerprint density at radius 1 is 0.935 bits per heavy atom. The van der Waals surface area contributed by atoms with Gasteiger partial charge in [-0.3, -0.25) is 9.59 Å². The zero-order chi connectivity index (χ0) is 32.1. The number of carbonyl (C=O) groups is 2. The van der Waals surface area contributed by atoms with Crippen LogP contribution in [0.1, 0.15) is 74.2 Å². The van der Waals surface area contributed by atoms with Gasteiger partial charge in [0.1, 0.15) is 11.5 Å². The smallest absolute Gasteiger partial charge is 0.323 e. The third-order valence-electron chi connectivity index (χ3n) is 8.05. The van der Waals surface area contributed by atoms with Crippen LogP contribution in [0.3, 0.4) is 0 Å². The van der Waals surface area contributed by atoms with Gasteiger partial charge in [-0.1, -0.05) is 37.8 Å². The van der Waals surface area contributed by atoms with Crippen molar-refractivity contribution in [2.75, 3.05) is 50.7 Å². The van der Waals surface area contributed by atoms with Gasteiger partial charge in [0.25, 0.3) is 5.91 Å². The summed E-state index contributed by atoms with van der Waals surface area (Å²) in [5.74, 6) is 1.70. The van der Waals surface area contributed by atoms with Crippen molar-refractivity contribution in [1.29, 1.82) is 0 Å². The quantitative estimate of drug-likeness (QED) is 0.332. The number of methoxy groups -OCH3 is 1. The zero-order valence-electron chi connectivity index (χ0n) is 26.8. The van der Waals surface area contributed by atoms with E-state index in [1.807, 2.05) is 43.3 Å². The molecule has 0 saturated carbocycles. The molecular weight excluding hydrogens is 588 g/mol. The number of nitrogens with one attached hydrogen (secondary N) is 2. The Labute approximate surface area is 270 Å². The summed E-state index contributed by atoms with van der Waals surface area (Å²) in [6.45, 7) is 5.03. The van der Waals surface area contributed by atoms with E-state index in [1.54, 1.807) is 11.0 Å². The molecule has 0 radical (unpaired) electrons. The molecule has 1 amide bonds. The van der Waals surface area contributed by atoms with E-state index in [9.17, 15) is 9.59 Å². The van der Waals surface area contributed by atoms with Gasteiger partial charge in [-0.25, -0.2) is 0 Å². The molecule has 4 heterocycles. The van der Waals surface area contributed by atoms with Crippen LogP contribution in [0.25, 0.3) is 0 Å². The topological polar surface area (TPSA) is 137 Å². The lowest BCUT2D eigenvalue weighted by Crippen LogP contribution is -2.29. The van der Waals surface area contributed by atoms with Gasteiger partial charge >= 0.3 is 12.0 Å². The maximum absolute atomic E-state index is 13.7. The number of rotatable bonds is 5. The molecular formula is C34H44N6O6. The van der Waals surface area contributed by atoms with Crippen LogP contribution in [0, 0.1) is 5.92 Å². The molecule has 6 bridgehead atoms. The molecule has 1 fully saturated rings. The maximum Gasteiger partial charge on any atom is 0.323 e. The Kier molecular flexibility index (Phi) is 11.8. The molecule has 2 aromatic carbocycles. The number of anilines is 3. The first-order valence-corrected chi connectivity index (χ1v) is 16.2. The van der Waals surface area contributed by atoms with E-state index >= 15 is 0 Å². The van der Waals surface area contributed by atoms with Crippen molar-refractivity contribution in [3.8, 4) is 17.5 Å². The molecule has 6 rings (SSSR count). The molecule has 1 unspecified atom stereocenters. The molecule has 1 atom stereocenters. The largest absolute Gasteiger partial charge is 0.494 e. The molecule has 1 saturated heterocycles. The molecule has 46 heavy (non-hydrogen) atoms. The number of amides is 1. The van der Waals surface area contributed by atoms with Gasteiger partial charge in [-0.05, 0) is 61.9 Å². The van der Waals surface area contributed by atoms with Crippen LogP contribution in [0.2, 0.25) is 0 Å². The average Bonchev–Trinajstić information content (AvgIpc) is 3.53. The van der Waals surface area contributed by atoms with Gasteiger partial charge in [0, 0.05) is 31.4 Å². The molecule has 1 aromatic heterocycles. The Morgan fingerprint density at radius 2 is 1.67 bits per heavy atom. The Bertz CT molecular complexity index is 1450. The second-order valence-corrected chi connectivity index (χ2v) is 11.5. The highest BCUT2D eigenvalue weighted by Gasteiger charge is 2.30. The van der Waals surface area contributed by atoms with Crippen LogP contribution < -0.4 is 24.8 Å². The number of hydrogen-bond acceptors (Lipinski definition) is 11. The highest BCUT2D eigenvalue weighted by Crippen LogP contribution is 2.30. The molecule has 3 aromatic rings. The molecule has 2 N–H and O–H groups in total. The van der Waals surface area contributed by atoms with Gasteiger partial charge in [0.15, 0.2) is 0 Å². The fourth-order valence-electron chi connectivity index (χ4n) is 5.55. The van der Waals surface area contributed by atoms with Crippen molar-refractivity contribution in [3.05, 3.63) is 53.6 Å². The lowest BCUT2D eigenvalue weighted by molar-refractivity contribution is -0.141. The van der Waals surface area contributed by atoms with Gasteiger partial charge < -0.3 is 34.5 Å². The SMILES string of the molecule is CCOc1nc2nc(n1)Nc1ccc(C(=O)N3CCC(CC(=O)OC)C3)c(c1)OCCCCCCCCOc1ccc(cc1)CN2. The zero-order valence-corrected chi connectivity index (χ0v) is 26.8. The minimum Gasteiger partial charge on any atom is -0.494 e. The predicted octanol–water partition coefficient (Wildman–Crippen LogP) is 5.76. The van der Waals surface area contributed by atoms with E-state index in [-0.39, 0.29) is 23.8 Å². The number of likely N-dealkylation sites (tertiary alicyclic amines) is 1. The number of fused-ring (bicyclic) bond motifs is 12. The highest BCUT2D eigenvalue weighted by molar-refractivity contribution is 5.97. The van der Waals surface area contributed by atoms with Crippen LogP contribution in [-0.4, -0.2) is 71.7 Å². The molecule has 246 valence electrons. The Morgan fingerprint density at radius 3 is 2.43 bits per heavy atom. The lowest BCUT2D eigenvalue weighted by atomic mass is 10.1. The van der Waals surface area contributed by atoms with Crippen molar-refractivity contribution in [1.82, 2.24) is 19.9 Å². The normalized spacial score (nSPS) is 17.5. The van der Waals surface area contributed by atoms with E-state index in [2.05, 4.69) is 25.6 Å². The molecule has 12 heteroatoms. The third kappa shape index (κ3) is 9.45. The fraction of sp³-hybridized carbons (Fsp3) is 0.500. The standard InChI is InChI=1S/C34H44N6O6/c1-3-44-34-38-32-35-22-24-10-13-27(14-11-24)45-18-8-6-4-5-7-9-19-46-29-21-26(36-33(37-32)39-34)12-15-28(29)31(42)40-17-16-25(23-40)20-30(41)43-2/h10-15,21,25H,3-9,16-20,22-23H2,1-2H3,(H2,35,36,37,38,39). The first-order valence-electron chi connectivity index (χ1n) is 16.2. The highest BCUT2D eigenvalue weighted by atomic mass is 16.5. The third-order valence-corrected chi connectivity index (χ3v) is 8.05. The number of nitrogens with zero attached hydrogens (tertiary/aromatic N) is 4. The number of aromatic nitrogens is 3. The Balaban J connectivity index is 1.37. The molecule has 3 aliphatic heterocycles. The summed E-state index contributed by atoms with van der Waals surface area (Å²) in [7, 11) is 1.39. The van der Waals surface area contributed by atoms with Crippen LogP contribution in [0.15, 0.2) is 42.5 Å². The number of ether oxygens (including phenoxy) is 4. The van der Waals surface area contributed by atoms with Crippen LogP contribution in [0.4, 0.5) is 17.6 Å². The van der Waals surface area contributed by atoms with E-state index < -0.39 is 0 Å². The van der Waals surface area contributed by atoms with Gasteiger partial charge in [-0.15, -0.1) is 0 Å². The van der Waals surface area contributed by atoms with Crippen LogP contribution in [-0.2, 0) is 16.1 Å². The van der Waals surface area contributed by atoms with E-state index in [0.717, 1.165) is 56.3 Å². The van der Waals surface area contributed by atoms with Crippen LogP contribution in [0.5, 0.6) is 17.5 Å². The van der Waals surface area contributed by atoms with Crippen molar-refractivity contribution in [3.63, 3.8) is 0 Å². The van der Waals surface area contributed by atoms with Gasteiger partial charge in [0.2, 0.25) is 11.9 Å². The van der Waals surface area contributed by atoms with E-state index in [4.69, 9.17) is 18.9 Å².